The van der Waals surface area contributed by atoms with Gasteiger partial charge in [0.05, 0.1) is 26.4 Å². The molecule has 102 heavy (non-hydrogen) atoms. The first-order valence-electron chi connectivity index (χ1n) is 43.0. The lowest BCUT2D eigenvalue weighted by Crippen LogP contribution is -2.30. The molecule has 0 aliphatic carbocycles. The van der Waals surface area contributed by atoms with E-state index in [9.17, 15) is 43.2 Å². The largest absolute Gasteiger partial charge is 0.472 e. The SMILES string of the molecule is CCCCCCCCCCCCCCCCCCCCCCCC(=O)O[C@H](COC(=O)CCCCCCCCCCCCCCCCCCCC)COP(=O)(O)OC[C@@H](O)COP(=O)(O)OC[C@@H](COC(=O)CCCCCCCCC(C)C)OC(=O)CCCCCCCCCCCCC(C)CC. The molecule has 3 N–H and O–H groups in total. The smallest absolute Gasteiger partial charge is 0.462 e. The highest BCUT2D eigenvalue weighted by Gasteiger charge is 2.30. The van der Waals surface area contributed by atoms with Crippen molar-refractivity contribution in [3.63, 3.8) is 0 Å². The van der Waals surface area contributed by atoms with Gasteiger partial charge in [-0.15, -0.1) is 0 Å². The lowest BCUT2D eigenvalue weighted by molar-refractivity contribution is -0.161. The molecule has 0 aromatic rings. The van der Waals surface area contributed by atoms with Gasteiger partial charge in [-0.3, -0.25) is 37.3 Å². The average Bonchev–Trinajstić information content (AvgIpc) is 0.955. The highest BCUT2D eigenvalue weighted by Crippen LogP contribution is 2.45. The number of hydrogen-bond acceptors (Lipinski definition) is 15. The van der Waals surface area contributed by atoms with Crippen molar-refractivity contribution in [3.8, 4) is 0 Å². The van der Waals surface area contributed by atoms with Crippen LogP contribution in [0.2, 0.25) is 0 Å². The molecule has 0 spiro atoms. The summed E-state index contributed by atoms with van der Waals surface area (Å²) < 4.78 is 68.7. The topological polar surface area (TPSA) is 237 Å². The number of aliphatic hydroxyl groups is 1. The number of phosphoric ester groups is 2. The van der Waals surface area contributed by atoms with E-state index in [0.717, 1.165) is 102 Å². The molecule has 17 nitrogen and oxygen atoms in total. The highest BCUT2D eigenvalue weighted by molar-refractivity contribution is 7.47. The van der Waals surface area contributed by atoms with Gasteiger partial charge in [0.1, 0.15) is 19.3 Å². The Kier molecular flexibility index (Phi) is 73.1. The molecule has 0 aliphatic rings. The molecule has 0 bridgehead atoms. The second kappa shape index (κ2) is 74.5. The van der Waals surface area contributed by atoms with E-state index >= 15 is 0 Å². The van der Waals surface area contributed by atoms with Crippen LogP contribution in [0.15, 0.2) is 0 Å². The fraction of sp³-hybridized carbons (Fsp3) is 0.952. The Hall–Kier alpha value is -1.94. The molecular formula is C83H162O17P2. The van der Waals surface area contributed by atoms with Crippen LogP contribution in [-0.2, 0) is 65.4 Å². The average molecular weight is 1490 g/mol. The zero-order valence-corrected chi connectivity index (χ0v) is 68.7. The molecule has 0 aromatic carbocycles. The first-order chi connectivity index (χ1) is 49.4. The summed E-state index contributed by atoms with van der Waals surface area (Å²) in [5.41, 5.74) is 0. The summed E-state index contributed by atoms with van der Waals surface area (Å²) in [6.07, 6.45) is 65.5. The van der Waals surface area contributed by atoms with Crippen molar-refractivity contribution in [1.29, 1.82) is 0 Å². The van der Waals surface area contributed by atoms with Crippen LogP contribution < -0.4 is 0 Å². The zero-order chi connectivity index (χ0) is 74.9. The summed E-state index contributed by atoms with van der Waals surface area (Å²) in [5, 5.41) is 10.6. The van der Waals surface area contributed by atoms with Crippen LogP contribution in [0, 0.1) is 11.8 Å². The molecular weight excluding hydrogens is 1330 g/mol. The van der Waals surface area contributed by atoms with Crippen molar-refractivity contribution in [1.82, 2.24) is 0 Å². The summed E-state index contributed by atoms with van der Waals surface area (Å²) in [4.78, 5) is 73.0. The van der Waals surface area contributed by atoms with E-state index in [2.05, 4.69) is 41.5 Å². The van der Waals surface area contributed by atoms with E-state index < -0.39 is 97.5 Å². The predicted octanol–water partition coefficient (Wildman–Crippen LogP) is 25.1. The third-order valence-corrected chi connectivity index (χ3v) is 21.7. The van der Waals surface area contributed by atoms with E-state index in [1.54, 1.807) is 0 Å². The molecule has 3 unspecified atom stereocenters. The third-order valence-electron chi connectivity index (χ3n) is 19.8. The van der Waals surface area contributed by atoms with Crippen molar-refractivity contribution in [2.24, 2.45) is 11.8 Å². The normalized spacial score (nSPS) is 14.1. The minimum atomic E-state index is -4.96. The lowest BCUT2D eigenvalue weighted by Gasteiger charge is -2.21. The highest BCUT2D eigenvalue weighted by atomic mass is 31.2. The van der Waals surface area contributed by atoms with E-state index in [1.165, 1.54) is 250 Å². The van der Waals surface area contributed by atoms with Crippen molar-refractivity contribution >= 4 is 39.5 Å². The summed E-state index contributed by atoms with van der Waals surface area (Å²) >= 11 is 0. The molecule has 0 amide bonds. The second-order valence-corrected chi connectivity index (χ2v) is 33.5. The number of carbonyl (C=O) groups excluding carboxylic acids is 4. The van der Waals surface area contributed by atoms with E-state index in [-0.39, 0.29) is 25.7 Å². The molecule has 0 saturated heterocycles. The first kappa shape index (κ1) is 100. The molecule has 0 heterocycles. The van der Waals surface area contributed by atoms with E-state index in [0.29, 0.717) is 31.6 Å². The van der Waals surface area contributed by atoms with Gasteiger partial charge in [-0.2, -0.15) is 0 Å². The maximum atomic E-state index is 13.1. The summed E-state index contributed by atoms with van der Waals surface area (Å²) in [7, 11) is -9.92. The number of phosphoric acid groups is 2. The molecule has 0 aromatic heterocycles. The van der Waals surface area contributed by atoms with Gasteiger partial charge in [0.25, 0.3) is 0 Å². The fourth-order valence-corrected chi connectivity index (χ4v) is 14.4. The second-order valence-electron chi connectivity index (χ2n) is 30.6. The van der Waals surface area contributed by atoms with Crippen LogP contribution in [0.25, 0.3) is 0 Å². The summed E-state index contributed by atoms with van der Waals surface area (Å²) in [6, 6.07) is 0. The van der Waals surface area contributed by atoms with Gasteiger partial charge in [0, 0.05) is 25.7 Å². The molecule has 606 valence electrons. The quantitative estimate of drug-likeness (QED) is 0.0222. The maximum absolute atomic E-state index is 13.1. The van der Waals surface area contributed by atoms with Gasteiger partial charge < -0.3 is 33.8 Å². The number of hydrogen-bond donors (Lipinski definition) is 3. The standard InChI is InChI=1S/C83H162O17P2/c1-7-10-12-14-16-18-20-22-24-26-28-29-30-32-34-36-38-43-47-55-61-67-82(87)99-78(71-93-80(85)65-59-53-46-42-37-35-33-31-27-25-23-21-19-17-15-13-11-8-2)73-97-101(89,90)95-69-77(84)70-96-102(91,92)98-74-79(72-94-81(86)66-60-54-50-49-51-57-63-75(4)5)100-83(88)68-62-56-48-44-40-39-41-45-52-58-64-76(6)9-3/h75-79,84H,7-74H2,1-6H3,(H,89,90)(H,91,92)/t76?,77-,78-,79-/m1/s1. The van der Waals surface area contributed by atoms with Crippen LogP contribution in [0.1, 0.15) is 440 Å². The van der Waals surface area contributed by atoms with Gasteiger partial charge in [0.2, 0.25) is 0 Å². The number of rotatable bonds is 82. The molecule has 0 fully saturated rings. The minimum Gasteiger partial charge on any atom is -0.462 e. The van der Waals surface area contributed by atoms with Gasteiger partial charge >= 0.3 is 39.5 Å². The Bertz CT molecular complexity index is 1960. The van der Waals surface area contributed by atoms with Crippen molar-refractivity contribution in [3.05, 3.63) is 0 Å². The molecule has 6 atom stereocenters. The van der Waals surface area contributed by atoms with Crippen LogP contribution in [0.4, 0.5) is 0 Å². The Morgan fingerprint density at radius 1 is 0.284 bits per heavy atom. The predicted molar refractivity (Wildman–Crippen MR) is 418 cm³/mol. The number of unbranched alkanes of at least 4 members (excludes halogenated alkanes) is 51. The number of aliphatic hydroxyl groups excluding tert-OH is 1. The lowest BCUT2D eigenvalue weighted by atomic mass is 9.99. The van der Waals surface area contributed by atoms with Crippen LogP contribution in [0.5, 0.6) is 0 Å². The van der Waals surface area contributed by atoms with Crippen LogP contribution in [-0.4, -0.2) is 96.7 Å². The zero-order valence-electron chi connectivity index (χ0n) is 66.9. The Morgan fingerprint density at radius 3 is 0.745 bits per heavy atom. The summed E-state index contributed by atoms with van der Waals surface area (Å²) in [5.74, 6) is -0.627. The van der Waals surface area contributed by atoms with Gasteiger partial charge in [-0.25, -0.2) is 9.13 Å². The Labute approximate surface area is 626 Å². The molecule has 0 aliphatic heterocycles. The van der Waals surface area contributed by atoms with Crippen molar-refractivity contribution in [2.75, 3.05) is 39.6 Å². The fourth-order valence-electron chi connectivity index (χ4n) is 12.9. The monoisotopic (exact) mass is 1490 g/mol. The minimum absolute atomic E-state index is 0.105. The first-order valence-corrected chi connectivity index (χ1v) is 46.0. The molecule has 0 saturated carbocycles. The summed E-state index contributed by atoms with van der Waals surface area (Å²) in [6.45, 7) is 9.58. The van der Waals surface area contributed by atoms with Crippen LogP contribution in [0.3, 0.4) is 0 Å². The van der Waals surface area contributed by atoms with Gasteiger partial charge in [-0.1, -0.05) is 388 Å². The van der Waals surface area contributed by atoms with Crippen LogP contribution >= 0.6 is 15.6 Å². The third kappa shape index (κ3) is 74.9. The molecule has 0 radical (unpaired) electrons. The number of esters is 4. The Balaban J connectivity index is 5.21. The van der Waals surface area contributed by atoms with E-state index in [4.69, 9.17) is 37.0 Å². The Morgan fingerprint density at radius 2 is 0.500 bits per heavy atom. The van der Waals surface area contributed by atoms with E-state index in [1.807, 2.05) is 0 Å². The number of ether oxygens (including phenoxy) is 4. The number of carbonyl (C=O) groups is 4. The maximum Gasteiger partial charge on any atom is 0.472 e. The van der Waals surface area contributed by atoms with Crippen molar-refractivity contribution in [2.45, 2.75) is 458 Å². The van der Waals surface area contributed by atoms with Gasteiger partial charge in [0.15, 0.2) is 12.2 Å². The van der Waals surface area contributed by atoms with Crippen molar-refractivity contribution < 1.29 is 80.2 Å². The van der Waals surface area contributed by atoms with Gasteiger partial charge in [-0.05, 0) is 37.5 Å². The molecule has 0 rings (SSSR count). The molecule has 19 heteroatoms.